The molecule has 0 unspecified atom stereocenters. The second kappa shape index (κ2) is 4.50. The molecule has 0 radical (unpaired) electrons. The van der Waals surface area contributed by atoms with E-state index in [1.54, 1.807) is 25.3 Å². The van der Waals surface area contributed by atoms with E-state index in [4.69, 9.17) is 20.6 Å². The summed E-state index contributed by atoms with van der Waals surface area (Å²) in [7, 11) is 1.56. The van der Waals surface area contributed by atoms with Crippen LogP contribution in [0.25, 0.3) is 0 Å². The maximum Gasteiger partial charge on any atom is 0.161 e. The quantitative estimate of drug-likeness (QED) is 0.562. The van der Waals surface area contributed by atoms with Crippen LogP contribution in [0.3, 0.4) is 0 Å². The molecular formula is C10H14N2O2. The van der Waals surface area contributed by atoms with Crippen molar-refractivity contribution in [2.45, 2.75) is 6.92 Å². The van der Waals surface area contributed by atoms with Crippen LogP contribution < -0.4 is 15.2 Å². The highest BCUT2D eigenvalue weighted by atomic mass is 16.5. The van der Waals surface area contributed by atoms with Crippen molar-refractivity contribution in [1.82, 2.24) is 0 Å². The topological polar surface area (TPSA) is 68.3 Å². The van der Waals surface area contributed by atoms with Gasteiger partial charge in [0, 0.05) is 5.56 Å². The molecule has 3 N–H and O–H groups in total. The molecule has 1 aromatic carbocycles. The van der Waals surface area contributed by atoms with Gasteiger partial charge in [0.05, 0.1) is 13.7 Å². The summed E-state index contributed by atoms with van der Waals surface area (Å²) in [6.45, 7) is 2.48. The van der Waals surface area contributed by atoms with Crippen molar-refractivity contribution in [3.63, 3.8) is 0 Å². The lowest BCUT2D eigenvalue weighted by atomic mass is 10.2. The molecule has 1 aromatic rings. The number of benzene rings is 1. The van der Waals surface area contributed by atoms with E-state index >= 15 is 0 Å². The second-order valence-corrected chi connectivity index (χ2v) is 2.71. The molecule has 0 fully saturated rings. The molecule has 0 aliphatic heterocycles. The fourth-order valence-corrected chi connectivity index (χ4v) is 1.11. The Morgan fingerprint density at radius 3 is 2.64 bits per heavy atom. The van der Waals surface area contributed by atoms with E-state index in [0.717, 1.165) is 0 Å². The fourth-order valence-electron chi connectivity index (χ4n) is 1.11. The van der Waals surface area contributed by atoms with E-state index in [1.165, 1.54) is 0 Å². The van der Waals surface area contributed by atoms with E-state index < -0.39 is 0 Å². The van der Waals surface area contributed by atoms with E-state index in [1.807, 2.05) is 6.92 Å². The van der Waals surface area contributed by atoms with Gasteiger partial charge in [-0.15, -0.1) is 0 Å². The van der Waals surface area contributed by atoms with Crippen LogP contribution in [-0.4, -0.2) is 19.6 Å². The normalized spacial score (nSPS) is 9.57. The lowest BCUT2D eigenvalue weighted by Gasteiger charge is -2.10. The van der Waals surface area contributed by atoms with E-state index in [9.17, 15) is 0 Å². The zero-order valence-corrected chi connectivity index (χ0v) is 8.33. The Morgan fingerprint density at radius 1 is 1.43 bits per heavy atom. The van der Waals surface area contributed by atoms with Gasteiger partial charge in [0.15, 0.2) is 11.5 Å². The van der Waals surface area contributed by atoms with Crippen molar-refractivity contribution in [3.8, 4) is 11.5 Å². The van der Waals surface area contributed by atoms with Crippen LogP contribution in [0.5, 0.6) is 11.5 Å². The molecule has 0 saturated heterocycles. The van der Waals surface area contributed by atoms with Crippen molar-refractivity contribution in [1.29, 1.82) is 5.41 Å². The second-order valence-electron chi connectivity index (χ2n) is 2.71. The predicted octanol–water partition coefficient (Wildman–Crippen LogP) is 1.38. The van der Waals surface area contributed by atoms with Gasteiger partial charge in [-0.05, 0) is 25.1 Å². The Balaban J connectivity index is 3.04. The largest absolute Gasteiger partial charge is 0.493 e. The minimum absolute atomic E-state index is 0.0198. The van der Waals surface area contributed by atoms with Crippen LogP contribution in [0.2, 0.25) is 0 Å². The van der Waals surface area contributed by atoms with Crippen LogP contribution >= 0.6 is 0 Å². The van der Waals surface area contributed by atoms with Gasteiger partial charge in [-0.2, -0.15) is 0 Å². The molecule has 0 saturated carbocycles. The Hall–Kier alpha value is -1.71. The van der Waals surface area contributed by atoms with Gasteiger partial charge in [-0.3, -0.25) is 5.41 Å². The SMILES string of the molecule is CCOc1ccc(C(=N)N)cc1OC. The summed E-state index contributed by atoms with van der Waals surface area (Å²) in [6.07, 6.45) is 0. The van der Waals surface area contributed by atoms with E-state index in [2.05, 4.69) is 0 Å². The molecule has 4 nitrogen and oxygen atoms in total. The molecule has 1 rings (SSSR count). The van der Waals surface area contributed by atoms with Gasteiger partial charge in [0.2, 0.25) is 0 Å². The number of rotatable bonds is 4. The summed E-state index contributed by atoms with van der Waals surface area (Å²) < 4.78 is 10.4. The minimum atomic E-state index is 0.0198. The first-order chi connectivity index (χ1) is 6.69. The molecule has 0 aromatic heterocycles. The molecule has 0 spiro atoms. The lowest BCUT2D eigenvalue weighted by molar-refractivity contribution is 0.311. The maximum absolute atomic E-state index is 7.26. The molecule has 76 valence electrons. The van der Waals surface area contributed by atoms with Gasteiger partial charge < -0.3 is 15.2 Å². The molecule has 0 aliphatic rings. The van der Waals surface area contributed by atoms with Crippen molar-refractivity contribution in [3.05, 3.63) is 23.8 Å². The van der Waals surface area contributed by atoms with Gasteiger partial charge in [-0.25, -0.2) is 0 Å². The summed E-state index contributed by atoms with van der Waals surface area (Å²) in [5.74, 6) is 1.28. The van der Waals surface area contributed by atoms with Crippen molar-refractivity contribution in [2.75, 3.05) is 13.7 Å². The molecule has 0 atom stereocenters. The van der Waals surface area contributed by atoms with Crippen LogP contribution in [-0.2, 0) is 0 Å². The molecular weight excluding hydrogens is 180 g/mol. The summed E-state index contributed by atoms with van der Waals surface area (Å²) in [5.41, 5.74) is 5.98. The summed E-state index contributed by atoms with van der Waals surface area (Å²) in [4.78, 5) is 0. The minimum Gasteiger partial charge on any atom is -0.493 e. The van der Waals surface area contributed by atoms with E-state index in [0.29, 0.717) is 23.7 Å². The number of nitrogen functional groups attached to an aromatic ring is 1. The van der Waals surface area contributed by atoms with Crippen molar-refractivity contribution >= 4 is 5.84 Å². The van der Waals surface area contributed by atoms with Gasteiger partial charge in [0.1, 0.15) is 5.84 Å². The predicted molar refractivity (Wildman–Crippen MR) is 55.2 cm³/mol. The molecule has 0 bridgehead atoms. The zero-order chi connectivity index (χ0) is 10.6. The van der Waals surface area contributed by atoms with Gasteiger partial charge in [0.25, 0.3) is 0 Å². The zero-order valence-electron chi connectivity index (χ0n) is 8.33. The number of nitrogens with two attached hydrogens (primary N) is 1. The first-order valence-electron chi connectivity index (χ1n) is 4.34. The van der Waals surface area contributed by atoms with Crippen molar-refractivity contribution in [2.24, 2.45) is 5.73 Å². The third-order valence-corrected chi connectivity index (χ3v) is 1.77. The van der Waals surface area contributed by atoms with Crippen LogP contribution in [0.1, 0.15) is 12.5 Å². The highest BCUT2D eigenvalue weighted by Gasteiger charge is 2.06. The average molecular weight is 194 g/mol. The fraction of sp³-hybridized carbons (Fsp3) is 0.300. The average Bonchev–Trinajstić information content (AvgIpc) is 2.18. The molecule has 0 amide bonds. The first-order valence-corrected chi connectivity index (χ1v) is 4.34. The Bertz CT molecular complexity index is 337. The van der Waals surface area contributed by atoms with E-state index in [-0.39, 0.29) is 5.84 Å². The van der Waals surface area contributed by atoms with Crippen LogP contribution in [0.4, 0.5) is 0 Å². The highest BCUT2D eigenvalue weighted by molar-refractivity contribution is 5.95. The third kappa shape index (κ3) is 2.16. The summed E-state index contributed by atoms with van der Waals surface area (Å²) in [6, 6.07) is 5.17. The Labute approximate surface area is 83.1 Å². The summed E-state index contributed by atoms with van der Waals surface area (Å²) in [5, 5.41) is 7.26. The number of ether oxygens (including phenoxy) is 2. The first kappa shape index (κ1) is 10.4. The number of hydrogen-bond donors (Lipinski definition) is 2. The Morgan fingerprint density at radius 2 is 2.14 bits per heavy atom. The molecule has 4 heteroatoms. The molecule has 0 aliphatic carbocycles. The van der Waals surface area contributed by atoms with Gasteiger partial charge in [-0.1, -0.05) is 0 Å². The van der Waals surface area contributed by atoms with Gasteiger partial charge >= 0.3 is 0 Å². The molecule has 0 heterocycles. The van der Waals surface area contributed by atoms with Crippen molar-refractivity contribution < 1.29 is 9.47 Å². The number of nitrogens with one attached hydrogen (secondary N) is 1. The number of amidine groups is 1. The van der Waals surface area contributed by atoms with Crippen LogP contribution in [0.15, 0.2) is 18.2 Å². The highest BCUT2D eigenvalue weighted by Crippen LogP contribution is 2.27. The Kier molecular flexibility index (Phi) is 3.34. The number of methoxy groups -OCH3 is 1. The lowest BCUT2D eigenvalue weighted by Crippen LogP contribution is -2.11. The monoisotopic (exact) mass is 194 g/mol. The third-order valence-electron chi connectivity index (χ3n) is 1.77. The standard InChI is InChI=1S/C10H14N2O2/c1-3-14-8-5-4-7(10(11)12)6-9(8)13-2/h4-6H,3H2,1-2H3,(H3,11,12). The van der Waals surface area contributed by atoms with Crippen LogP contribution in [0, 0.1) is 5.41 Å². The number of hydrogen-bond acceptors (Lipinski definition) is 3. The maximum atomic E-state index is 7.26. The summed E-state index contributed by atoms with van der Waals surface area (Å²) >= 11 is 0. The smallest absolute Gasteiger partial charge is 0.161 e. The molecule has 14 heavy (non-hydrogen) atoms.